The van der Waals surface area contributed by atoms with Crippen molar-refractivity contribution in [1.29, 1.82) is 0 Å². The van der Waals surface area contributed by atoms with Crippen LogP contribution in [0.5, 0.6) is 0 Å². The standard InChI is InChI=1S/C10H13N3O2S/c1-2-7(9(11)16)13-10(15)6-3-4-8(14)12-5-6/h3-5,7H,2H2,1H3,(H2,11,16)(H,12,14)(H,13,15). The van der Waals surface area contributed by atoms with Crippen molar-refractivity contribution >= 4 is 23.1 Å². The van der Waals surface area contributed by atoms with Crippen molar-refractivity contribution in [1.82, 2.24) is 10.3 Å². The van der Waals surface area contributed by atoms with Gasteiger partial charge < -0.3 is 16.0 Å². The molecular formula is C10H13N3O2S. The summed E-state index contributed by atoms with van der Waals surface area (Å²) in [5.41, 5.74) is 5.57. The van der Waals surface area contributed by atoms with Gasteiger partial charge in [-0.2, -0.15) is 0 Å². The predicted molar refractivity (Wildman–Crippen MR) is 65.4 cm³/mol. The smallest absolute Gasteiger partial charge is 0.253 e. The number of amides is 1. The Hall–Kier alpha value is -1.69. The second kappa shape index (κ2) is 5.41. The summed E-state index contributed by atoms with van der Waals surface area (Å²) in [5.74, 6) is -0.309. The number of thiocarbonyl (C=S) groups is 1. The minimum Gasteiger partial charge on any atom is -0.392 e. The average molecular weight is 239 g/mol. The van der Waals surface area contributed by atoms with Gasteiger partial charge in [-0.05, 0) is 12.5 Å². The number of nitrogens with one attached hydrogen (secondary N) is 2. The van der Waals surface area contributed by atoms with Crippen molar-refractivity contribution in [2.45, 2.75) is 19.4 Å². The zero-order chi connectivity index (χ0) is 12.1. The highest BCUT2D eigenvalue weighted by molar-refractivity contribution is 7.80. The molecule has 0 radical (unpaired) electrons. The number of pyridine rings is 1. The number of rotatable bonds is 4. The van der Waals surface area contributed by atoms with Gasteiger partial charge in [0.05, 0.1) is 16.6 Å². The summed E-state index contributed by atoms with van der Waals surface area (Å²) in [6.45, 7) is 1.87. The van der Waals surface area contributed by atoms with E-state index in [2.05, 4.69) is 10.3 Å². The molecule has 0 aliphatic carbocycles. The Kier molecular flexibility index (Phi) is 4.19. The Morgan fingerprint density at radius 1 is 1.62 bits per heavy atom. The summed E-state index contributed by atoms with van der Waals surface area (Å²) in [5, 5.41) is 2.67. The molecule has 1 unspecified atom stereocenters. The summed E-state index contributed by atoms with van der Waals surface area (Å²) in [4.78, 5) is 25.2. The molecule has 1 amide bonds. The van der Waals surface area contributed by atoms with E-state index in [9.17, 15) is 9.59 Å². The highest BCUT2D eigenvalue weighted by atomic mass is 32.1. The van der Waals surface area contributed by atoms with E-state index in [1.807, 2.05) is 6.92 Å². The molecule has 0 aliphatic rings. The van der Waals surface area contributed by atoms with Crippen LogP contribution in [0.1, 0.15) is 23.7 Å². The summed E-state index contributed by atoms with van der Waals surface area (Å²) >= 11 is 4.81. The molecule has 6 heteroatoms. The number of hydrogen-bond donors (Lipinski definition) is 3. The third kappa shape index (κ3) is 3.16. The summed E-state index contributed by atoms with van der Waals surface area (Å²) in [6.07, 6.45) is 1.98. The van der Waals surface area contributed by atoms with Gasteiger partial charge in [-0.15, -0.1) is 0 Å². The Bertz CT molecular complexity index is 435. The number of H-pyrrole nitrogens is 1. The lowest BCUT2D eigenvalue weighted by atomic mass is 10.2. The van der Waals surface area contributed by atoms with Crippen LogP contribution in [0.3, 0.4) is 0 Å². The molecule has 1 atom stereocenters. The van der Waals surface area contributed by atoms with Crippen molar-refractivity contribution in [2.75, 3.05) is 0 Å². The molecule has 1 aromatic rings. The second-order valence-electron chi connectivity index (χ2n) is 3.28. The van der Waals surface area contributed by atoms with E-state index in [-0.39, 0.29) is 22.5 Å². The van der Waals surface area contributed by atoms with E-state index in [0.29, 0.717) is 12.0 Å². The normalized spacial score (nSPS) is 11.8. The monoisotopic (exact) mass is 239 g/mol. The molecule has 1 aromatic heterocycles. The number of aromatic nitrogens is 1. The first kappa shape index (κ1) is 12.4. The molecule has 5 nitrogen and oxygen atoms in total. The number of carbonyl (C=O) groups is 1. The largest absolute Gasteiger partial charge is 0.392 e. The van der Waals surface area contributed by atoms with E-state index in [0.717, 1.165) is 0 Å². The fourth-order valence-corrected chi connectivity index (χ4v) is 1.39. The van der Waals surface area contributed by atoms with Crippen LogP contribution in [-0.4, -0.2) is 21.9 Å². The van der Waals surface area contributed by atoms with Crippen molar-refractivity contribution in [3.63, 3.8) is 0 Å². The maximum absolute atomic E-state index is 11.7. The van der Waals surface area contributed by atoms with Crippen LogP contribution in [0.4, 0.5) is 0 Å². The van der Waals surface area contributed by atoms with Crippen LogP contribution < -0.4 is 16.6 Å². The molecule has 1 rings (SSSR count). The summed E-state index contributed by atoms with van der Waals surface area (Å²) in [6, 6.07) is 2.41. The molecule has 0 saturated carbocycles. The van der Waals surface area contributed by atoms with Gasteiger partial charge in [0.15, 0.2) is 0 Å². The lowest BCUT2D eigenvalue weighted by Gasteiger charge is -2.14. The van der Waals surface area contributed by atoms with Gasteiger partial charge in [-0.1, -0.05) is 19.1 Å². The van der Waals surface area contributed by atoms with Crippen LogP contribution in [0.2, 0.25) is 0 Å². The van der Waals surface area contributed by atoms with Gasteiger partial charge in [0.2, 0.25) is 5.56 Å². The molecule has 0 fully saturated rings. The molecule has 1 heterocycles. The maximum Gasteiger partial charge on any atom is 0.253 e. The van der Waals surface area contributed by atoms with Gasteiger partial charge in [-0.25, -0.2) is 0 Å². The number of aromatic amines is 1. The fourth-order valence-electron chi connectivity index (χ4n) is 1.17. The molecule has 0 spiro atoms. The second-order valence-corrected chi connectivity index (χ2v) is 3.75. The van der Waals surface area contributed by atoms with E-state index in [1.165, 1.54) is 18.3 Å². The Morgan fingerprint density at radius 2 is 2.31 bits per heavy atom. The Balaban J connectivity index is 2.75. The predicted octanol–water partition coefficient (Wildman–Crippen LogP) is 0.169. The molecule has 0 aliphatic heterocycles. The van der Waals surface area contributed by atoms with Crippen LogP contribution in [-0.2, 0) is 0 Å². The van der Waals surface area contributed by atoms with Gasteiger partial charge in [0.1, 0.15) is 0 Å². The number of nitrogens with two attached hydrogens (primary N) is 1. The zero-order valence-electron chi connectivity index (χ0n) is 8.82. The fraction of sp³-hybridized carbons (Fsp3) is 0.300. The van der Waals surface area contributed by atoms with Gasteiger partial charge in [-0.3, -0.25) is 9.59 Å². The topological polar surface area (TPSA) is 88.0 Å². The van der Waals surface area contributed by atoms with E-state index < -0.39 is 0 Å². The van der Waals surface area contributed by atoms with Crippen LogP contribution in [0.25, 0.3) is 0 Å². The van der Waals surface area contributed by atoms with Crippen molar-refractivity contribution in [3.05, 3.63) is 34.2 Å². The van der Waals surface area contributed by atoms with E-state index in [1.54, 1.807) is 0 Å². The quantitative estimate of drug-likeness (QED) is 0.653. The van der Waals surface area contributed by atoms with Crippen LogP contribution >= 0.6 is 12.2 Å². The Labute approximate surface area is 98.0 Å². The average Bonchev–Trinajstić information content (AvgIpc) is 2.26. The van der Waals surface area contributed by atoms with Crippen molar-refractivity contribution in [3.8, 4) is 0 Å². The maximum atomic E-state index is 11.7. The van der Waals surface area contributed by atoms with Crippen LogP contribution in [0, 0.1) is 0 Å². The molecule has 86 valence electrons. The van der Waals surface area contributed by atoms with Gasteiger partial charge in [0, 0.05) is 12.3 Å². The molecule has 0 saturated heterocycles. The highest BCUT2D eigenvalue weighted by Gasteiger charge is 2.13. The minimum absolute atomic E-state index is 0.250. The highest BCUT2D eigenvalue weighted by Crippen LogP contribution is 1.97. The Morgan fingerprint density at radius 3 is 2.75 bits per heavy atom. The van der Waals surface area contributed by atoms with E-state index >= 15 is 0 Å². The lowest BCUT2D eigenvalue weighted by molar-refractivity contribution is 0.0946. The third-order valence-corrected chi connectivity index (χ3v) is 2.39. The van der Waals surface area contributed by atoms with Crippen molar-refractivity contribution in [2.24, 2.45) is 5.73 Å². The number of hydrogen-bond acceptors (Lipinski definition) is 3. The first-order chi connectivity index (χ1) is 7.54. The SMILES string of the molecule is CCC(NC(=O)c1ccc(=O)[nH]c1)C(N)=S. The van der Waals surface area contributed by atoms with E-state index in [4.69, 9.17) is 18.0 Å². The summed E-state index contributed by atoms with van der Waals surface area (Å²) < 4.78 is 0. The zero-order valence-corrected chi connectivity index (χ0v) is 9.64. The summed E-state index contributed by atoms with van der Waals surface area (Å²) in [7, 11) is 0. The molecule has 16 heavy (non-hydrogen) atoms. The molecule has 0 bridgehead atoms. The minimum atomic E-state index is -0.325. The first-order valence-corrected chi connectivity index (χ1v) is 5.24. The van der Waals surface area contributed by atoms with Gasteiger partial charge >= 0.3 is 0 Å². The first-order valence-electron chi connectivity index (χ1n) is 4.83. The molecular weight excluding hydrogens is 226 g/mol. The number of carbonyl (C=O) groups excluding carboxylic acids is 1. The van der Waals surface area contributed by atoms with Crippen LogP contribution in [0.15, 0.2) is 23.1 Å². The van der Waals surface area contributed by atoms with Crippen molar-refractivity contribution < 1.29 is 4.79 Å². The third-order valence-electron chi connectivity index (χ3n) is 2.10. The van der Waals surface area contributed by atoms with Gasteiger partial charge in [0.25, 0.3) is 5.91 Å². The molecule has 4 N–H and O–H groups in total. The molecule has 0 aromatic carbocycles. The lowest BCUT2D eigenvalue weighted by Crippen LogP contribution is -2.43.